The molecule has 112 valence electrons. The summed E-state index contributed by atoms with van der Waals surface area (Å²) in [7, 11) is 0. The molecular formula is C15H29BrN2O. The van der Waals surface area contributed by atoms with E-state index in [0.717, 1.165) is 31.4 Å². The van der Waals surface area contributed by atoms with Gasteiger partial charge in [-0.2, -0.15) is 0 Å². The Balaban J connectivity index is 2.53. The van der Waals surface area contributed by atoms with Crippen LogP contribution in [0.5, 0.6) is 0 Å². The van der Waals surface area contributed by atoms with E-state index >= 15 is 0 Å². The molecule has 4 heteroatoms. The minimum atomic E-state index is 0.0979. The lowest BCUT2D eigenvalue weighted by molar-refractivity contribution is -0.119. The highest BCUT2D eigenvalue weighted by molar-refractivity contribution is 9.09. The molecule has 1 aliphatic rings. The van der Waals surface area contributed by atoms with E-state index in [0.29, 0.717) is 11.5 Å². The molecule has 1 unspecified atom stereocenters. The summed E-state index contributed by atoms with van der Waals surface area (Å²) in [5.41, 5.74) is 0.411. The Morgan fingerprint density at radius 1 is 1.37 bits per heavy atom. The van der Waals surface area contributed by atoms with E-state index in [2.05, 4.69) is 40.0 Å². The van der Waals surface area contributed by atoms with Gasteiger partial charge in [0.05, 0.1) is 0 Å². The van der Waals surface area contributed by atoms with E-state index in [1.165, 1.54) is 25.7 Å². The summed E-state index contributed by atoms with van der Waals surface area (Å²) in [6.07, 6.45) is 6.15. The summed E-state index contributed by atoms with van der Waals surface area (Å²) in [4.78, 5) is 13.7. The van der Waals surface area contributed by atoms with Crippen LogP contribution in [0.15, 0.2) is 0 Å². The van der Waals surface area contributed by atoms with Gasteiger partial charge in [0, 0.05) is 37.9 Å². The maximum atomic E-state index is 11.1. The van der Waals surface area contributed by atoms with Crippen LogP contribution in [0.4, 0.5) is 0 Å². The largest absolute Gasteiger partial charge is 0.352 e. The molecule has 0 aliphatic carbocycles. The van der Waals surface area contributed by atoms with Crippen molar-refractivity contribution in [2.75, 3.05) is 25.0 Å². The molecule has 0 bridgehead atoms. The molecule has 1 fully saturated rings. The number of halogens is 1. The van der Waals surface area contributed by atoms with Crippen LogP contribution >= 0.6 is 15.9 Å². The standard InChI is InChI=1S/C15H29BrN2O/c1-4-7-15(11-16,8-5-2)12-18-9-6-14(10-18)17-13(3)19/h14H,4-12H2,1-3H3,(H,17,19). The lowest BCUT2D eigenvalue weighted by atomic mass is 9.81. The highest BCUT2D eigenvalue weighted by Gasteiger charge is 2.33. The number of nitrogens with zero attached hydrogens (tertiary/aromatic N) is 1. The van der Waals surface area contributed by atoms with E-state index in [-0.39, 0.29) is 5.91 Å². The molecule has 0 radical (unpaired) electrons. The molecular weight excluding hydrogens is 304 g/mol. The molecule has 3 nitrogen and oxygen atoms in total. The van der Waals surface area contributed by atoms with Crippen molar-refractivity contribution in [3.05, 3.63) is 0 Å². The van der Waals surface area contributed by atoms with Crippen LogP contribution in [0.2, 0.25) is 0 Å². The van der Waals surface area contributed by atoms with Crippen molar-refractivity contribution in [1.29, 1.82) is 0 Å². The molecule has 1 amide bonds. The third-order valence-corrected chi connectivity index (χ3v) is 5.27. The van der Waals surface area contributed by atoms with E-state index in [1.54, 1.807) is 6.92 Å². The predicted molar refractivity (Wildman–Crippen MR) is 84.7 cm³/mol. The van der Waals surface area contributed by atoms with Crippen molar-refractivity contribution >= 4 is 21.8 Å². The fourth-order valence-corrected chi connectivity index (χ4v) is 4.11. The number of rotatable bonds is 8. The molecule has 19 heavy (non-hydrogen) atoms. The lowest BCUT2D eigenvalue weighted by Gasteiger charge is -2.36. The normalized spacial score (nSPS) is 20.7. The first kappa shape index (κ1) is 17.0. The van der Waals surface area contributed by atoms with Crippen LogP contribution in [-0.2, 0) is 4.79 Å². The molecule has 0 spiro atoms. The zero-order valence-corrected chi connectivity index (χ0v) is 14.3. The highest BCUT2D eigenvalue weighted by atomic mass is 79.9. The van der Waals surface area contributed by atoms with Gasteiger partial charge in [0.1, 0.15) is 0 Å². The fraction of sp³-hybridized carbons (Fsp3) is 0.933. The van der Waals surface area contributed by atoms with Crippen LogP contribution in [0, 0.1) is 5.41 Å². The zero-order chi connectivity index (χ0) is 14.3. The monoisotopic (exact) mass is 332 g/mol. The van der Waals surface area contributed by atoms with Crippen LogP contribution in [0.3, 0.4) is 0 Å². The first-order chi connectivity index (χ1) is 9.05. The molecule has 0 aromatic rings. The van der Waals surface area contributed by atoms with Gasteiger partial charge in [-0.25, -0.2) is 0 Å². The molecule has 1 atom stereocenters. The Morgan fingerprint density at radius 3 is 2.47 bits per heavy atom. The number of carbonyl (C=O) groups is 1. The summed E-state index contributed by atoms with van der Waals surface area (Å²) in [5.74, 6) is 0.0979. The minimum absolute atomic E-state index is 0.0979. The molecule has 1 saturated heterocycles. The van der Waals surface area contributed by atoms with Gasteiger partial charge in [0.25, 0.3) is 0 Å². The smallest absolute Gasteiger partial charge is 0.217 e. The summed E-state index contributed by atoms with van der Waals surface area (Å²) in [6.45, 7) is 9.46. The molecule has 0 saturated carbocycles. The van der Waals surface area contributed by atoms with Crippen molar-refractivity contribution in [3.63, 3.8) is 0 Å². The molecule has 1 aliphatic heterocycles. The lowest BCUT2D eigenvalue weighted by Crippen LogP contribution is -2.40. The van der Waals surface area contributed by atoms with Gasteiger partial charge in [-0.1, -0.05) is 42.6 Å². The molecule has 0 aromatic carbocycles. The number of hydrogen-bond donors (Lipinski definition) is 1. The van der Waals surface area contributed by atoms with Gasteiger partial charge in [-0.05, 0) is 24.7 Å². The van der Waals surface area contributed by atoms with Gasteiger partial charge in [-0.3, -0.25) is 4.79 Å². The summed E-state index contributed by atoms with van der Waals surface area (Å²) < 4.78 is 0. The summed E-state index contributed by atoms with van der Waals surface area (Å²) in [5, 5.41) is 4.13. The number of carbonyl (C=O) groups excluding carboxylic acids is 1. The van der Waals surface area contributed by atoms with Gasteiger partial charge >= 0.3 is 0 Å². The van der Waals surface area contributed by atoms with Crippen molar-refractivity contribution in [1.82, 2.24) is 10.2 Å². The van der Waals surface area contributed by atoms with Crippen molar-refractivity contribution in [3.8, 4) is 0 Å². The Hall–Kier alpha value is -0.0900. The number of nitrogens with one attached hydrogen (secondary N) is 1. The van der Waals surface area contributed by atoms with Crippen LogP contribution in [0.25, 0.3) is 0 Å². The summed E-state index contributed by atoms with van der Waals surface area (Å²) >= 11 is 3.74. The SMILES string of the molecule is CCCC(CBr)(CCC)CN1CCC(NC(C)=O)C1. The number of likely N-dealkylation sites (tertiary alicyclic amines) is 1. The van der Waals surface area contributed by atoms with Gasteiger partial charge < -0.3 is 10.2 Å². The highest BCUT2D eigenvalue weighted by Crippen LogP contribution is 2.34. The minimum Gasteiger partial charge on any atom is -0.352 e. The predicted octanol–water partition coefficient (Wildman–Crippen LogP) is 3.18. The van der Waals surface area contributed by atoms with Crippen molar-refractivity contribution < 1.29 is 4.79 Å². The molecule has 1 N–H and O–H groups in total. The topological polar surface area (TPSA) is 32.3 Å². The second kappa shape index (κ2) is 8.25. The van der Waals surface area contributed by atoms with E-state index in [1.807, 2.05) is 0 Å². The molecule has 0 aromatic heterocycles. The third-order valence-electron chi connectivity index (χ3n) is 4.08. The van der Waals surface area contributed by atoms with Crippen LogP contribution < -0.4 is 5.32 Å². The maximum absolute atomic E-state index is 11.1. The number of hydrogen-bond acceptors (Lipinski definition) is 2. The molecule has 1 heterocycles. The molecule has 1 rings (SSSR count). The Bertz CT molecular complexity index is 277. The Labute approximate surface area is 126 Å². The zero-order valence-electron chi connectivity index (χ0n) is 12.7. The van der Waals surface area contributed by atoms with E-state index in [9.17, 15) is 4.79 Å². The van der Waals surface area contributed by atoms with Crippen LogP contribution in [0.1, 0.15) is 52.9 Å². The maximum Gasteiger partial charge on any atom is 0.217 e. The second-order valence-electron chi connectivity index (χ2n) is 6.05. The average molecular weight is 333 g/mol. The quantitative estimate of drug-likeness (QED) is 0.692. The van der Waals surface area contributed by atoms with Crippen molar-refractivity contribution in [2.45, 2.75) is 58.9 Å². The van der Waals surface area contributed by atoms with Gasteiger partial charge in [0.15, 0.2) is 0 Å². The second-order valence-corrected chi connectivity index (χ2v) is 6.62. The average Bonchev–Trinajstić information content (AvgIpc) is 2.76. The number of alkyl halides is 1. The van der Waals surface area contributed by atoms with Crippen molar-refractivity contribution in [2.24, 2.45) is 5.41 Å². The Morgan fingerprint density at radius 2 is 2.00 bits per heavy atom. The van der Waals surface area contributed by atoms with Gasteiger partial charge in [-0.15, -0.1) is 0 Å². The van der Waals surface area contributed by atoms with E-state index in [4.69, 9.17) is 0 Å². The fourth-order valence-electron chi connectivity index (χ4n) is 3.38. The number of amides is 1. The van der Waals surface area contributed by atoms with Gasteiger partial charge in [0.2, 0.25) is 5.91 Å². The summed E-state index contributed by atoms with van der Waals surface area (Å²) in [6, 6.07) is 0.355. The van der Waals surface area contributed by atoms with E-state index < -0.39 is 0 Å². The third kappa shape index (κ3) is 5.42. The van der Waals surface area contributed by atoms with Crippen LogP contribution in [-0.4, -0.2) is 41.8 Å². The Kier molecular flexibility index (Phi) is 7.37. The first-order valence-corrected chi connectivity index (χ1v) is 8.73. The first-order valence-electron chi connectivity index (χ1n) is 7.60.